The molecule has 3 heterocycles. The Morgan fingerprint density at radius 1 is 1.43 bits per heavy atom. The maximum Gasteiger partial charge on any atom is 0.272 e. The fraction of sp³-hybridized carbons (Fsp3) is 0.500. The molecule has 1 aliphatic heterocycles. The largest absolute Gasteiger partial charge is 0.467 e. The van der Waals surface area contributed by atoms with E-state index in [-0.39, 0.29) is 23.1 Å². The molecule has 1 atom stereocenters. The standard InChI is InChI=1S/C16H17F2N3O2/c17-13(18)9-21-11(4-7-19-21)15(22)20-10-16(5-2-6-16)14(20)12-3-1-8-23-12/h1,3-4,7-8,13-14H,2,5-6,9-10H2. The van der Waals surface area contributed by atoms with Crippen molar-refractivity contribution in [3.05, 3.63) is 42.1 Å². The number of likely N-dealkylation sites (tertiary alicyclic amines) is 1. The molecular weight excluding hydrogens is 304 g/mol. The minimum atomic E-state index is -2.54. The monoisotopic (exact) mass is 321 g/mol. The van der Waals surface area contributed by atoms with E-state index in [1.807, 2.05) is 12.1 Å². The Kier molecular flexibility index (Phi) is 3.25. The second kappa shape index (κ2) is 5.18. The van der Waals surface area contributed by atoms with Crippen LogP contribution in [0.15, 0.2) is 35.1 Å². The van der Waals surface area contributed by atoms with Crippen molar-refractivity contribution >= 4 is 5.91 Å². The van der Waals surface area contributed by atoms with E-state index in [1.165, 1.54) is 12.3 Å². The summed E-state index contributed by atoms with van der Waals surface area (Å²) in [7, 11) is 0. The molecule has 1 saturated heterocycles. The lowest BCUT2D eigenvalue weighted by molar-refractivity contribution is -0.113. The van der Waals surface area contributed by atoms with Crippen molar-refractivity contribution in [3.63, 3.8) is 0 Å². The number of hydrogen-bond donors (Lipinski definition) is 0. The summed E-state index contributed by atoms with van der Waals surface area (Å²) in [4.78, 5) is 14.5. The van der Waals surface area contributed by atoms with Crippen LogP contribution in [0.4, 0.5) is 8.78 Å². The third kappa shape index (κ3) is 2.17. The number of halogens is 2. The molecule has 1 aliphatic carbocycles. The second-order valence-electron chi connectivity index (χ2n) is 6.36. The molecule has 1 unspecified atom stereocenters. The first-order valence-electron chi connectivity index (χ1n) is 7.75. The van der Waals surface area contributed by atoms with Gasteiger partial charge in [0.25, 0.3) is 12.3 Å². The molecule has 23 heavy (non-hydrogen) atoms. The molecular formula is C16H17F2N3O2. The zero-order valence-electron chi connectivity index (χ0n) is 12.5. The van der Waals surface area contributed by atoms with Gasteiger partial charge in [-0.1, -0.05) is 6.42 Å². The van der Waals surface area contributed by atoms with Crippen LogP contribution < -0.4 is 0 Å². The summed E-state index contributed by atoms with van der Waals surface area (Å²) in [5, 5.41) is 3.84. The first kappa shape index (κ1) is 14.4. The summed E-state index contributed by atoms with van der Waals surface area (Å²) in [5.74, 6) is 0.506. The number of furan rings is 1. The highest BCUT2D eigenvalue weighted by Crippen LogP contribution is 2.60. The van der Waals surface area contributed by atoms with Gasteiger partial charge in [-0.3, -0.25) is 9.48 Å². The van der Waals surface area contributed by atoms with Crippen molar-refractivity contribution in [1.82, 2.24) is 14.7 Å². The van der Waals surface area contributed by atoms with E-state index >= 15 is 0 Å². The molecule has 5 nitrogen and oxygen atoms in total. The van der Waals surface area contributed by atoms with Gasteiger partial charge in [-0.25, -0.2) is 8.78 Å². The highest BCUT2D eigenvalue weighted by atomic mass is 19.3. The van der Waals surface area contributed by atoms with E-state index in [9.17, 15) is 13.6 Å². The van der Waals surface area contributed by atoms with Crippen molar-refractivity contribution in [2.45, 2.75) is 38.3 Å². The number of rotatable bonds is 4. The molecule has 2 aromatic heterocycles. The average Bonchev–Trinajstić information content (AvgIpc) is 3.06. The molecule has 7 heteroatoms. The van der Waals surface area contributed by atoms with E-state index in [0.29, 0.717) is 6.54 Å². The fourth-order valence-electron chi connectivity index (χ4n) is 3.83. The minimum absolute atomic E-state index is 0.0983. The molecule has 1 spiro atoms. The number of carbonyl (C=O) groups is 1. The molecule has 2 aromatic rings. The van der Waals surface area contributed by atoms with E-state index in [0.717, 1.165) is 29.7 Å². The van der Waals surface area contributed by atoms with E-state index in [4.69, 9.17) is 4.42 Å². The fourth-order valence-corrected chi connectivity index (χ4v) is 3.83. The summed E-state index contributed by atoms with van der Waals surface area (Å²) in [5.41, 5.74) is 0.303. The Morgan fingerprint density at radius 2 is 2.26 bits per heavy atom. The second-order valence-corrected chi connectivity index (χ2v) is 6.36. The van der Waals surface area contributed by atoms with E-state index in [1.54, 1.807) is 11.2 Å². The highest BCUT2D eigenvalue weighted by molar-refractivity contribution is 5.93. The van der Waals surface area contributed by atoms with Crippen LogP contribution in [0, 0.1) is 5.41 Å². The Morgan fingerprint density at radius 3 is 2.87 bits per heavy atom. The topological polar surface area (TPSA) is 51.3 Å². The van der Waals surface area contributed by atoms with Gasteiger partial charge in [0.2, 0.25) is 0 Å². The molecule has 2 aliphatic rings. The Hall–Kier alpha value is -2.18. The van der Waals surface area contributed by atoms with Crippen molar-refractivity contribution in [2.24, 2.45) is 5.41 Å². The highest BCUT2D eigenvalue weighted by Gasteiger charge is 2.59. The maximum absolute atomic E-state index is 12.8. The molecule has 1 amide bonds. The lowest BCUT2D eigenvalue weighted by Crippen LogP contribution is -2.63. The van der Waals surface area contributed by atoms with Crippen LogP contribution in [-0.4, -0.2) is 33.6 Å². The summed E-state index contributed by atoms with van der Waals surface area (Å²) < 4.78 is 31.9. The molecule has 0 aromatic carbocycles. The van der Waals surface area contributed by atoms with Crippen LogP contribution in [0.1, 0.15) is 41.6 Å². The third-order valence-electron chi connectivity index (χ3n) is 5.05. The summed E-state index contributed by atoms with van der Waals surface area (Å²) in [6, 6.07) is 5.08. The van der Waals surface area contributed by atoms with Gasteiger partial charge in [0.15, 0.2) is 0 Å². The first-order chi connectivity index (χ1) is 11.1. The average molecular weight is 321 g/mol. The molecule has 0 bridgehead atoms. The van der Waals surface area contributed by atoms with Crippen molar-refractivity contribution in [1.29, 1.82) is 0 Å². The summed E-state index contributed by atoms with van der Waals surface area (Å²) in [6.07, 6.45) is 3.73. The van der Waals surface area contributed by atoms with Gasteiger partial charge >= 0.3 is 0 Å². The van der Waals surface area contributed by atoms with Gasteiger partial charge < -0.3 is 9.32 Å². The van der Waals surface area contributed by atoms with Crippen LogP contribution in [-0.2, 0) is 6.54 Å². The Balaban J connectivity index is 1.60. The Bertz CT molecular complexity index is 707. The third-order valence-corrected chi connectivity index (χ3v) is 5.05. The van der Waals surface area contributed by atoms with Gasteiger partial charge in [0, 0.05) is 18.2 Å². The lowest BCUT2D eigenvalue weighted by Gasteiger charge is -2.61. The van der Waals surface area contributed by atoms with Gasteiger partial charge in [-0.05, 0) is 31.0 Å². The predicted molar refractivity (Wildman–Crippen MR) is 77.0 cm³/mol. The van der Waals surface area contributed by atoms with Crippen LogP contribution in [0.2, 0.25) is 0 Å². The SMILES string of the molecule is O=C(c1ccnn1CC(F)F)N1CC2(CCC2)C1c1ccco1. The first-order valence-corrected chi connectivity index (χ1v) is 7.75. The number of hydrogen-bond acceptors (Lipinski definition) is 3. The lowest BCUT2D eigenvalue weighted by atomic mass is 9.57. The number of nitrogens with zero attached hydrogens (tertiary/aromatic N) is 3. The van der Waals surface area contributed by atoms with Crippen LogP contribution in [0.5, 0.6) is 0 Å². The molecule has 4 rings (SSSR count). The van der Waals surface area contributed by atoms with Crippen LogP contribution >= 0.6 is 0 Å². The van der Waals surface area contributed by atoms with E-state index in [2.05, 4.69) is 5.10 Å². The molecule has 1 saturated carbocycles. The maximum atomic E-state index is 12.8. The summed E-state index contributed by atoms with van der Waals surface area (Å²) in [6.45, 7) is 0.0789. The van der Waals surface area contributed by atoms with Crippen molar-refractivity contribution < 1.29 is 18.0 Å². The van der Waals surface area contributed by atoms with Gasteiger partial charge in [0.1, 0.15) is 18.0 Å². The zero-order chi connectivity index (χ0) is 16.0. The predicted octanol–water partition coefficient (Wildman–Crippen LogP) is 3.11. The number of amides is 1. The van der Waals surface area contributed by atoms with Gasteiger partial charge in [0.05, 0.1) is 12.3 Å². The molecule has 0 N–H and O–H groups in total. The van der Waals surface area contributed by atoms with Gasteiger partial charge in [-0.15, -0.1) is 0 Å². The van der Waals surface area contributed by atoms with Crippen molar-refractivity contribution in [3.8, 4) is 0 Å². The minimum Gasteiger partial charge on any atom is -0.467 e. The molecule has 0 radical (unpaired) electrons. The van der Waals surface area contributed by atoms with E-state index < -0.39 is 13.0 Å². The van der Waals surface area contributed by atoms with Gasteiger partial charge in [-0.2, -0.15) is 5.10 Å². The Labute approximate surface area is 131 Å². The summed E-state index contributed by atoms with van der Waals surface area (Å²) >= 11 is 0. The number of alkyl halides is 2. The molecule has 2 fully saturated rings. The van der Waals surface area contributed by atoms with Crippen LogP contribution in [0.3, 0.4) is 0 Å². The zero-order valence-corrected chi connectivity index (χ0v) is 12.5. The number of carbonyl (C=O) groups excluding carboxylic acids is 1. The van der Waals surface area contributed by atoms with Crippen molar-refractivity contribution in [2.75, 3.05) is 6.54 Å². The molecule has 122 valence electrons. The quantitative estimate of drug-likeness (QED) is 0.869. The number of aromatic nitrogens is 2. The smallest absolute Gasteiger partial charge is 0.272 e. The normalized spacial score (nSPS) is 22.2. The van der Waals surface area contributed by atoms with Crippen LogP contribution in [0.25, 0.3) is 0 Å².